The zero-order valence-corrected chi connectivity index (χ0v) is 14.3. The highest BCUT2D eigenvalue weighted by Crippen LogP contribution is 2.26. The van der Waals surface area contributed by atoms with Crippen LogP contribution in [0.1, 0.15) is 30.6 Å². The molecule has 1 aliphatic heterocycles. The second-order valence-electron chi connectivity index (χ2n) is 5.94. The van der Waals surface area contributed by atoms with Gasteiger partial charge in [-0.15, -0.1) is 11.3 Å². The minimum Gasteiger partial charge on any atom is -0.365 e. The first-order valence-electron chi connectivity index (χ1n) is 7.80. The number of ether oxygens (including phenoxy) is 1. The molecule has 0 spiro atoms. The highest BCUT2D eigenvalue weighted by Gasteiger charge is 2.34. The van der Waals surface area contributed by atoms with E-state index >= 15 is 0 Å². The second kappa shape index (κ2) is 7.11. The summed E-state index contributed by atoms with van der Waals surface area (Å²) in [4.78, 5) is 28.4. The molecule has 2 amide bonds. The average molecular weight is 345 g/mol. The van der Waals surface area contributed by atoms with E-state index < -0.39 is 6.10 Å². The van der Waals surface area contributed by atoms with Gasteiger partial charge in [0.25, 0.3) is 11.8 Å². The molecule has 2 heterocycles. The zero-order chi connectivity index (χ0) is 17.1. The fourth-order valence-electron chi connectivity index (χ4n) is 2.78. The molecule has 1 aromatic heterocycles. The summed E-state index contributed by atoms with van der Waals surface area (Å²) in [5.41, 5.74) is 1.14. The van der Waals surface area contributed by atoms with E-state index in [0.29, 0.717) is 16.4 Å². The van der Waals surface area contributed by atoms with E-state index in [2.05, 4.69) is 15.6 Å². The third-order valence-corrected chi connectivity index (χ3v) is 4.61. The van der Waals surface area contributed by atoms with Gasteiger partial charge >= 0.3 is 0 Å². The van der Waals surface area contributed by atoms with E-state index in [1.807, 2.05) is 13.8 Å². The maximum atomic E-state index is 12.3. The zero-order valence-electron chi connectivity index (χ0n) is 13.5. The predicted molar refractivity (Wildman–Crippen MR) is 93.3 cm³/mol. The maximum absolute atomic E-state index is 12.3. The summed E-state index contributed by atoms with van der Waals surface area (Å²) >= 11 is 1.36. The van der Waals surface area contributed by atoms with Gasteiger partial charge in [0.2, 0.25) is 0 Å². The van der Waals surface area contributed by atoms with Crippen LogP contribution >= 0.6 is 11.3 Å². The van der Waals surface area contributed by atoms with Crippen molar-refractivity contribution in [3.05, 3.63) is 41.4 Å². The van der Waals surface area contributed by atoms with Gasteiger partial charge in [0.05, 0.1) is 6.10 Å². The fraction of sp³-hybridized carbons (Fsp3) is 0.353. The molecule has 3 atom stereocenters. The smallest absolute Gasteiger partial charge is 0.257 e. The third-order valence-electron chi connectivity index (χ3n) is 3.93. The highest BCUT2D eigenvalue weighted by atomic mass is 32.1. The minimum absolute atomic E-state index is 0.104. The van der Waals surface area contributed by atoms with E-state index in [4.69, 9.17) is 4.74 Å². The van der Waals surface area contributed by atoms with Crippen LogP contribution in [-0.4, -0.2) is 29.0 Å². The first kappa shape index (κ1) is 16.6. The summed E-state index contributed by atoms with van der Waals surface area (Å²) in [6, 6.07) is 6.75. The number of nitrogens with one attached hydrogen (secondary N) is 2. The summed E-state index contributed by atoms with van der Waals surface area (Å²) in [7, 11) is 0. The molecule has 3 unspecified atom stereocenters. The number of carbonyl (C=O) groups excluding carboxylic acids is 2. The molecule has 0 aliphatic carbocycles. The fourth-order valence-corrected chi connectivity index (χ4v) is 3.30. The Morgan fingerprint density at radius 3 is 2.54 bits per heavy atom. The number of aromatic nitrogens is 1. The Hall–Kier alpha value is -2.25. The molecule has 3 rings (SSSR count). The molecule has 1 aromatic carbocycles. The van der Waals surface area contributed by atoms with Crippen molar-refractivity contribution in [3.63, 3.8) is 0 Å². The van der Waals surface area contributed by atoms with E-state index in [1.165, 1.54) is 11.3 Å². The van der Waals surface area contributed by atoms with Crippen molar-refractivity contribution < 1.29 is 14.3 Å². The predicted octanol–water partition coefficient (Wildman–Crippen LogP) is 3.15. The lowest BCUT2D eigenvalue weighted by Gasteiger charge is -2.15. The van der Waals surface area contributed by atoms with Gasteiger partial charge in [-0.2, -0.15) is 0 Å². The molecule has 126 valence electrons. The normalized spacial score (nSPS) is 23.0. The summed E-state index contributed by atoms with van der Waals surface area (Å²) in [6.45, 7) is 3.99. The standard InChI is InChI=1S/C17H19N3O3S/c1-10-9-11(2)23-14(10)16(22)19-13-5-3-12(4-6-13)15(21)20-17-18-7-8-24-17/h3-8,10-11,14H,9H2,1-2H3,(H,19,22)(H,18,20,21). The van der Waals surface area contributed by atoms with Crippen molar-refractivity contribution in [1.82, 2.24) is 4.98 Å². The number of anilines is 2. The third kappa shape index (κ3) is 3.80. The summed E-state index contributed by atoms with van der Waals surface area (Å²) in [5.74, 6) is -0.181. The molecular weight excluding hydrogens is 326 g/mol. The van der Waals surface area contributed by atoms with Gasteiger partial charge in [-0.25, -0.2) is 4.98 Å². The van der Waals surface area contributed by atoms with Gasteiger partial charge in [-0.05, 0) is 43.5 Å². The quantitative estimate of drug-likeness (QED) is 0.892. The van der Waals surface area contributed by atoms with Gasteiger partial charge in [-0.3, -0.25) is 14.9 Å². The Kier molecular flexibility index (Phi) is 4.92. The Bertz CT molecular complexity index is 715. The second-order valence-corrected chi connectivity index (χ2v) is 6.83. The first-order chi connectivity index (χ1) is 11.5. The molecular formula is C17H19N3O3S. The molecule has 2 N–H and O–H groups in total. The van der Waals surface area contributed by atoms with Crippen LogP contribution in [0.15, 0.2) is 35.8 Å². The summed E-state index contributed by atoms with van der Waals surface area (Å²) < 4.78 is 5.65. The van der Waals surface area contributed by atoms with Crippen molar-refractivity contribution in [1.29, 1.82) is 0 Å². The van der Waals surface area contributed by atoms with Gasteiger partial charge in [-0.1, -0.05) is 6.92 Å². The van der Waals surface area contributed by atoms with Crippen LogP contribution in [0.3, 0.4) is 0 Å². The van der Waals surface area contributed by atoms with Crippen LogP contribution in [0.5, 0.6) is 0 Å². The van der Waals surface area contributed by atoms with Crippen LogP contribution in [0.2, 0.25) is 0 Å². The molecule has 24 heavy (non-hydrogen) atoms. The topological polar surface area (TPSA) is 80.3 Å². The minimum atomic E-state index is -0.423. The molecule has 1 fully saturated rings. The number of benzene rings is 1. The molecule has 6 nitrogen and oxygen atoms in total. The van der Waals surface area contributed by atoms with Crippen LogP contribution in [0.25, 0.3) is 0 Å². The van der Waals surface area contributed by atoms with Crippen molar-refractivity contribution >= 4 is 34.0 Å². The molecule has 0 bridgehead atoms. The number of hydrogen-bond donors (Lipinski definition) is 2. The molecule has 2 aromatic rings. The SMILES string of the molecule is CC1CC(C)C(C(=O)Nc2ccc(C(=O)Nc3nccs3)cc2)O1. The largest absolute Gasteiger partial charge is 0.365 e. The number of amides is 2. The van der Waals surface area contributed by atoms with Crippen LogP contribution in [0, 0.1) is 5.92 Å². The summed E-state index contributed by atoms with van der Waals surface area (Å²) in [5, 5.41) is 7.90. The Balaban J connectivity index is 1.60. The monoisotopic (exact) mass is 345 g/mol. The van der Waals surface area contributed by atoms with Crippen molar-refractivity contribution in [2.75, 3.05) is 10.6 Å². The van der Waals surface area contributed by atoms with Gasteiger partial charge in [0.15, 0.2) is 5.13 Å². The Labute approximate surface area is 144 Å². The lowest BCUT2D eigenvalue weighted by molar-refractivity contribution is -0.127. The van der Waals surface area contributed by atoms with E-state index in [1.54, 1.807) is 35.8 Å². The molecule has 1 saturated heterocycles. The van der Waals surface area contributed by atoms with E-state index in [0.717, 1.165) is 6.42 Å². The number of nitrogens with zero attached hydrogens (tertiary/aromatic N) is 1. The molecule has 7 heteroatoms. The van der Waals surface area contributed by atoms with Crippen LogP contribution in [0.4, 0.5) is 10.8 Å². The van der Waals surface area contributed by atoms with Crippen LogP contribution in [-0.2, 0) is 9.53 Å². The van der Waals surface area contributed by atoms with Gasteiger partial charge in [0.1, 0.15) is 6.10 Å². The lowest BCUT2D eigenvalue weighted by Crippen LogP contribution is -2.31. The molecule has 0 saturated carbocycles. The number of hydrogen-bond acceptors (Lipinski definition) is 5. The first-order valence-corrected chi connectivity index (χ1v) is 8.68. The average Bonchev–Trinajstić information content (AvgIpc) is 3.17. The number of rotatable bonds is 4. The van der Waals surface area contributed by atoms with Crippen molar-refractivity contribution in [2.45, 2.75) is 32.5 Å². The van der Waals surface area contributed by atoms with Gasteiger partial charge < -0.3 is 10.1 Å². The Morgan fingerprint density at radius 1 is 1.21 bits per heavy atom. The van der Waals surface area contributed by atoms with Crippen LogP contribution < -0.4 is 10.6 Å². The van der Waals surface area contributed by atoms with Crippen molar-refractivity contribution in [2.24, 2.45) is 5.92 Å². The number of carbonyl (C=O) groups is 2. The highest BCUT2D eigenvalue weighted by molar-refractivity contribution is 7.13. The van der Waals surface area contributed by atoms with Gasteiger partial charge in [0, 0.05) is 22.8 Å². The van der Waals surface area contributed by atoms with Crippen molar-refractivity contribution in [3.8, 4) is 0 Å². The van der Waals surface area contributed by atoms with E-state index in [-0.39, 0.29) is 23.8 Å². The van der Waals surface area contributed by atoms with E-state index in [9.17, 15) is 9.59 Å². The lowest BCUT2D eigenvalue weighted by atomic mass is 10.0. The Morgan fingerprint density at radius 2 is 1.96 bits per heavy atom. The maximum Gasteiger partial charge on any atom is 0.257 e. The number of thiazole rings is 1. The molecule has 0 radical (unpaired) electrons. The molecule has 1 aliphatic rings. The summed E-state index contributed by atoms with van der Waals surface area (Å²) in [6.07, 6.45) is 2.19.